The Balaban J connectivity index is 1.09. The average Bonchev–Trinajstić information content (AvgIpc) is 3.52. The molecule has 6 unspecified atom stereocenters. The Morgan fingerprint density at radius 3 is 2.59 bits per heavy atom. The Kier molecular flexibility index (Phi) is 7.74. The topological polar surface area (TPSA) is 145 Å². The molecule has 0 radical (unpaired) electrons. The lowest BCUT2D eigenvalue weighted by Crippen LogP contribution is -2.58. The van der Waals surface area contributed by atoms with Crippen LogP contribution in [0.4, 0.5) is 0 Å². The van der Waals surface area contributed by atoms with E-state index in [0.717, 1.165) is 32.3 Å². The Morgan fingerprint density at radius 1 is 1.13 bits per heavy atom. The van der Waals surface area contributed by atoms with Crippen molar-refractivity contribution in [3.05, 3.63) is 71.9 Å². The number of hydrogen-bond donors (Lipinski definition) is 3. The number of methoxy groups -OCH3 is 1. The molecule has 0 spiro atoms. The van der Waals surface area contributed by atoms with Crippen LogP contribution in [-0.2, 0) is 32.6 Å². The minimum atomic E-state index is -3.44. The van der Waals surface area contributed by atoms with E-state index in [1.807, 2.05) is 24.3 Å². The molecule has 2 fully saturated rings. The lowest BCUT2D eigenvalue weighted by atomic mass is 9.92. The summed E-state index contributed by atoms with van der Waals surface area (Å²) in [4.78, 5) is 27.4. The average molecular weight is 646 g/mol. The van der Waals surface area contributed by atoms with E-state index < -0.39 is 43.9 Å². The maximum atomic E-state index is 13.3. The first kappa shape index (κ1) is 30.6. The highest BCUT2D eigenvalue weighted by Gasteiger charge is 2.65. The quantitative estimate of drug-likeness (QED) is 0.149. The van der Waals surface area contributed by atoms with Crippen molar-refractivity contribution in [2.24, 2.45) is 0 Å². The van der Waals surface area contributed by atoms with Crippen LogP contribution < -0.4 is 10.6 Å². The van der Waals surface area contributed by atoms with Crippen LogP contribution in [0, 0.1) is 11.8 Å². The van der Waals surface area contributed by atoms with E-state index in [-0.39, 0.29) is 31.2 Å². The van der Waals surface area contributed by atoms with Gasteiger partial charge in [0.05, 0.1) is 19.8 Å². The summed E-state index contributed by atoms with van der Waals surface area (Å²) in [6.45, 7) is 1.48. The first-order valence-electron chi connectivity index (χ1n) is 14.7. The maximum absolute atomic E-state index is 13.3. The first-order valence-corrected chi connectivity index (χ1v) is 16.7. The van der Waals surface area contributed by atoms with Crippen molar-refractivity contribution in [2.75, 3.05) is 40.6 Å². The fourth-order valence-electron chi connectivity index (χ4n) is 6.53. The van der Waals surface area contributed by atoms with Crippen molar-refractivity contribution < 1.29 is 42.5 Å². The molecule has 13 heteroatoms. The van der Waals surface area contributed by atoms with Crippen LogP contribution in [-0.4, -0.2) is 92.9 Å². The normalized spacial score (nSPS) is 27.0. The highest BCUT2D eigenvalue weighted by atomic mass is 31.2. The SMILES string of the molecule is COCC12COC(C(N3C=C(C#CCNC(=O)c4ccc5ccc6cccc7ccc4c5c67)C(=O)NC3O)O1)C2OP(C)(=O)OC. The summed E-state index contributed by atoms with van der Waals surface area (Å²) >= 11 is 0. The van der Waals surface area contributed by atoms with E-state index in [1.54, 1.807) is 6.07 Å². The van der Waals surface area contributed by atoms with Gasteiger partial charge in [-0.05, 0) is 38.4 Å². The van der Waals surface area contributed by atoms with Gasteiger partial charge in [-0.3, -0.25) is 18.7 Å². The second kappa shape index (κ2) is 11.6. The molecule has 3 N–H and O–H groups in total. The number of carbonyl (C=O) groups is 2. The van der Waals surface area contributed by atoms with Crippen LogP contribution in [0.5, 0.6) is 0 Å². The number of benzene rings is 4. The number of fused-ring (bicyclic) bond motifs is 2. The molecule has 7 rings (SSSR count). The predicted octanol–water partition coefficient (Wildman–Crippen LogP) is 2.90. The zero-order valence-corrected chi connectivity index (χ0v) is 26.2. The number of nitrogens with one attached hydrogen (secondary N) is 2. The van der Waals surface area contributed by atoms with Gasteiger partial charge in [0.15, 0.2) is 6.23 Å². The van der Waals surface area contributed by atoms with Crippen molar-refractivity contribution >= 4 is 51.7 Å². The highest BCUT2D eigenvalue weighted by Crippen LogP contribution is 2.53. The van der Waals surface area contributed by atoms with Gasteiger partial charge in [-0.25, -0.2) is 0 Å². The second-order valence-corrected chi connectivity index (χ2v) is 13.7. The Labute approximate surface area is 264 Å². The fraction of sp³-hybridized carbons (Fsp3) is 0.333. The second-order valence-electron chi connectivity index (χ2n) is 11.6. The Morgan fingerprint density at radius 2 is 1.85 bits per heavy atom. The van der Waals surface area contributed by atoms with Crippen molar-refractivity contribution in [2.45, 2.75) is 30.4 Å². The molecule has 2 saturated heterocycles. The zero-order valence-electron chi connectivity index (χ0n) is 25.3. The van der Waals surface area contributed by atoms with Crippen LogP contribution in [0.2, 0.25) is 0 Å². The molecule has 3 aliphatic rings. The number of nitrogens with zero attached hydrogens (tertiary/aromatic N) is 1. The lowest BCUT2D eigenvalue weighted by Gasteiger charge is -2.40. The van der Waals surface area contributed by atoms with Gasteiger partial charge in [-0.15, -0.1) is 0 Å². The number of carbonyl (C=O) groups excluding carboxylic acids is 2. The molecule has 0 aromatic heterocycles. The zero-order chi connectivity index (χ0) is 32.2. The Bertz CT molecular complexity index is 1990. The molecule has 3 aliphatic heterocycles. The van der Waals surface area contributed by atoms with Gasteiger partial charge in [0.1, 0.15) is 23.4 Å². The summed E-state index contributed by atoms with van der Waals surface area (Å²) in [5, 5.41) is 22.3. The number of hydrogen-bond acceptors (Lipinski definition) is 10. The van der Waals surface area contributed by atoms with Gasteiger partial charge < -0.3 is 39.4 Å². The summed E-state index contributed by atoms with van der Waals surface area (Å²) in [7, 11) is -0.671. The van der Waals surface area contributed by atoms with Crippen molar-refractivity contribution in [3.63, 3.8) is 0 Å². The summed E-state index contributed by atoms with van der Waals surface area (Å²) in [6.07, 6.45) is -2.66. The summed E-state index contributed by atoms with van der Waals surface area (Å²) in [5.41, 5.74) is -0.563. The molecule has 12 nitrogen and oxygen atoms in total. The van der Waals surface area contributed by atoms with Gasteiger partial charge in [-0.2, -0.15) is 0 Å². The van der Waals surface area contributed by atoms with Gasteiger partial charge in [-0.1, -0.05) is 60.4 Å². The van der Waals surface area contributed by atoms with Crippen LogP contribution in [0.15, 0.2) is 66.4 Å². The number of aliphatic hydroxyl groups excluding tert-OH is 1. The fourth-order valence-corrected chi connectivity index (χ4v) is 7.34. The third-order valence-electron chi connectivity index (χ3n) is 8.69. The van der Waals surface area contributed by atoms with E-state index >= 15 is 0 Å². The minimum Gasteiger partial charge on any atom is -0.381 e. The van der Waals surface area contributed by atoms with E-state index in [1.165, 1.54) is 32.0 Å². The van der Waals surface area contributed by atoms with E-state index in [2.05, 4.69) is 46.7 Å². The molecule has 238 valence electrons. The van der Waals surface area contributed by atoms with Crippen molar-refractivity contribution in [1.82, 2.24) is 15.5 Å². The summed E-state index contributed by atoms with van der Waals surface area (Å²) in [6, 6.07) is 18.0. The molecule has 6 atom stereocenters. The monoisotopic (exact) mass is 645 g/mol. The molecular weight excluding hydrogens is 613 g/mol. The standard InChI is InChI=1S/C33H32N3O9P/c1-41-17-33-18-43-27(28(33)45-46(3,40)42-2)31(44-33)36-16-22(29(37)35-32(36)39)8-5-15-34-30(38)24-14-12-21-10-9-19-6-4-7-20-11-13-23(24)26(21)25(19)20/h4,6-7,9-14,16,27-28,31-32,39H,15,17-18H2,1-3H3,(H,34,38)(H,35,37). The highest BCUT2D eigenvalue weighted by molar-refractivity contribution is 7.52. The maximum Gasteiger partial charge on any atom is 0.327 e. The molecule has 2 bridgehead atoms. The minimum absolute atomic E-state index is 0.0324. The Hall–Kier alpha value is -4.05. The van der Waals surface area contributed by atoms with Gasteiger partial charge >= 0.3 is 7.60 Å². The van der Waals surface area contributed by atoms with Gasteiger partial charge in [0, 0.05) is 32.6 Å². The van der Waals surface area contributed by atoms with Gasteiger partial charge in [0.25, 0.3) is 11.8 Å². The van der Waals surface area contributed by atoms with Crippen molar-refractivity contribution in [3.8, 4) is 11.8 Å². The van der Waals surface area contributed by atoms with Crippen LogP contribution in [0.25, 0.3) is 32.3 Å². The molecular formula is C33H32N3O9P. The van der Waals surface area contributed by atoms with E-state index in [4.69, 9.17) is 23.3 Å². The molecule has 3 heterocycles. The summed E-state index contributed by atoms with van der Waals surface area (Å²) < 4.78 is 41.1. The first-order chi connectivity index (χ1) is 22.1. The molecule has 4 aromatic carbocycles. The predicted molar refractivity (Wildman–Crippen MR) is 169 cm³/mol. The van der Waals surface area contributed by atoms with Crippen LogP contribution in [0.3, 0.4) is 0 Å². The lowest BCUT2D eigenvalue weighted by molar-refractivity contribution is -0.225. The molecule has 4 aromatic rings. The summed E-state index contributed by atoms with van der Waals surface area (Å²) in [5.74, 6) is 4.72. The van der Waals surface area contributed by atoms with Crippen LogP contribution in [0.1, 0.15) is 10.4 Å². The third kappa shape index (κ3) is 5.11. The number of amides is 2. The van der Waals surface area contributed by atoms with Crippen LogP contribution >= 0.6 is 7.60 Å². The molecule has 46 heavy (non-hydrogen) atoms. The smallest absolute Gasteiger partial charge is 0.327 e. The number of rotatable bonds is 8. The molecule has 0 aliphatic carbocycles. The molecule has 2 amide bonds. The number of ether oxygens (including phenoxy) is 3. The molecule has 0 saturated carbocycles. The van der Waals surface area contributed by atoms with E-state index in [9.17, 15) is 19.3 Å². The largest absolute Gasteiger partial charge is 0.381 e. The number of aliphatic hydroxyl groups is 1. The van der Waals surface area contributed by atoms with Gasteiger partial charge in [0.2, 0.25) is 6.35 Å². The third-order valence-corrected chi connectivity index (χ3v) is 9.97. The van der Waals surface area contributed by atoms with Crippen molar-refractivity contribution in [1.29, 1.82) is 0 Å². The van der Waals surface area contributed by atoms with E-state index in [0.29, 0.717) is 5.56 Å².